The molecule has 1 aliphatic heterocycles. The van der Waals surface area contributed by atoms with Crippen LogP contribution in [0, 0.1) is 0 Å². The van der Waals surface area contributed by atoms with Gasteiger partial charge in [-0.15, -0.1) is 11.3 Å². The fourth-order valence-corrected chi connectivity index (χ4v) is 5.17. The molecular formula is C14H11BrCl2OS. The van der Waals surface area contributed by atoms with Crippen molar-refractivity contribution < 1.29 is 4.74 Å². The maximum absolute atomic E-state index is 6.26. The number of halogens is 3. The van der Waals surface area contributed by atoms with Gasteiger partial charge in [0.1, 0.15) is 5.75 Å². The molecule has 1 nitrogen and oxygen atoms in total. The molecule has 0 spiro atoms. The molecule has 0 radical (unpaired) electrons. The lowest BCUT2D eigenvalue weighted by Crippen LogP contribution is -2.17. The number of hydrogen-bond donors (Lipinski definition) is 0. The number of thiophene rings is 1. The average Bonchev–Trinajstić information content (AvgIpc) is 2.76. The first-order valence-corrected chi connectivity index (χ1v) is 8.46. The zero-order valence-electron chi connectivity index (χ0n) is 9.91. The predicted molar refractivity (Wildman–Crippen MR) is 85.3 cm³/mol. The highest BCUT2D eigenvalue weighted by atomic mass is 79.9. The molecular weight excluding hydrogens is 367 g/mol. The molecule has 2 unspecified atom stereocenters. The van der Waals surface area contributed by atoms with E-state index in [1.165, 1.54) is 16.9 Å². The normalized spacial score (nSPS) is 19.6. The first-order valence-electron chi connectivity index (χ1n) is 5.97. The molecule has 1 aliphatic rings. The monoisotopic (exact) mass is 376 g/mol. The van der Waals surface area contributed by atoms with Crippen molar-refractivity contribution in [1.82, 2.24) is 0 Å². The minimum atomic E-state index is 0.161. The summed E-state index contributed by atoms with van der Waals surface area (Å²) in [5, 5.41) is 0. The fraction of sp³-hybridized carbons (Fsp3) is 0.286. The van der Waals surface area contributed by atoms with Crippen LogP contribution in [0.15, 0.2) is 30.3 Å². The van der Waals surface area contributed by atoms with Gasteiger partial charge in [-0.05, 0) is 29.7 Å². The smallest absolute Gasteiger partial charge is 0.122 e. The van der Waals surface area contributed by atoms with Crippen molar-refractivity contribution in [2.75, 3.05) is 6.61 Å². The Bertz CT molecular complexity index is 599. The summed E-state index contributed by atoms with van der Waals surface area (Å²) in [4.78, 5) is 0.161. The molecule has 0 saturated heterocycles. The summed E-state index contributed by atoms with van der Waals surface area (Å²) in [6.45, 7) is 0.735. The standard InChI is InChI=1S/C14H11BrCl2OS/c15-13(10-7-12(16)19-14(10)17)9-5-6-18-11-4-2-1-3-8(9)11/h1-4,7,9,13H,5-6H2. The third kappa shape index (κ3) is 2.66. The highest BCUT2D eigenvalue weighted by Gasteiger charge is 2.30. The van der Waals surface area contributed by atoms with Crippen LogP contribution in [0.25, 0.3) is 0 Å². The topological polar surface area (TPSA) is 9.23 Å². The highest BCUT2D eigenvalue weighted by Crippen LogP contribution is 2.49. The number of alkyl halides is 1. The molecule has 0 N–H and O–H groups in total. The highest BCUT2D eigenvalue weighted by molar-refractivity contribution is 9.09. The summed E-state index contributed by atoms with van der Waals surface area (Å²) < 4.78 is 7.18. The van der Waals surface area contributed by atoms with Gasteiger partial charge in [0.05, 0.1) is 15.3 Å². The molecule has 0 aliphatic carbocycles. The lowest BCUT2D eigenvalue weighted by atomic mass is 9.88. The van der Waals surface area contributed by atoms with Crippen LogP contribution in [0.4, 0.5) is 0 Å². The van der Waals surface area contributed by atoms with E-state index < -0.39 is 0 Å². The number of para-hydroxylation sites is 1. The molecule has 0 saturated carbocycles. The Morgan fingerprint density at radius 2 is 2.11 bits per heavy atom. The van der Waals surface area contributed by atoms with E-state index in [0.29, 0.717) is 5.92 Å². The zero-order chi connectivity index (χ0) is 13.4. The Hall–Kier alpha value is -0.220. The average molecular weight is 378 g/mol. The van der Waals surface area contributed by atoms with Gasteiger partial charge in [0.2, 0.25) is 0 Å². The van der Waals surface area contributed by atoms with E-state index in [0.717, 1.165) is 33.0 Å². The van der Waals surface area contributed by atoms with Crippen molar-refractivity contribution >= 4 is 50.5 Å². The molecule has 5 heteroatoms. The van der Waals surface area contributed by atoms with Crippen molar-refractivity contribution in [2.24, 2.45) is 0 Å². The molecule has 3 rings (SSSR count). The van der Waals surface area contributed by atoms with Crippen molar-refractivity contribution in [1.29, 1.82) is 0 Å². The van der Waals surface area contributed by atoms with Crippen molar-refractivity contribution in [3.8, 4) is 5.75 Å². The summed E-state index contributed by atoms with van der Waals surface area (Å²) in [7, 11) is 0. The summed E-state index contributed by atoms with van der Waals surface area (Å²) in [6, 6.07) is 10.1. The molecule has 19 heavy (non-hydrogen) atoms. The maximum Gasteiger partial charge on any atom is 0.122 e. The van der Waals surface area contributed by atoms with Gasteiger partial charge in [-0.2, -0.15) is 0 Å². The van der Waals surface area contributed by atoms with Gasteiger partial charge in [0.25, 0.3) is 0 Å². The van der Waals surface area contributed by atoms with Gasteiger partial charge in [-0.1, -0.05) is 57.3 Å². The van der Waals surface area contributed by atoms with Gasteiger partial charge in [-0.25, -0.2) is 0 Å². The second kappa shape index (κ2) is 5.65. The summed E-state index contributed by atoms with van der Waals surface area (Å²) in [6.07, 6.45) is 0.969. The molecule has 1 aromatic carbocycles. The Morgan fingerprint density at radius 3 is 2.84 bits per heavy atom. The van der Waals surface area contributed by atoms with E-state index in [1.54, 1.807) is 0 Å². The first kappa shape index (κ1) is 13.7. The number of rotatable bonds is 2. The van der Waals surface area contributed by atoms with Gasteiger partial charge in [0.15, 0.2) is 0 Å². The van der Waals surface area contributed by atoms with Crippen LogP contribution in [0.1, 0.15) is 28.3 Å². The van der Waals surface area contributed by atoms with Crippen LogP contribution in [0.5, 0.6) is 5.75 Å². The lowest BCUT2D eigenvalue weighted by Gasteiger charge is -2.29. The second-order valence-electron chi connectivity index (χ2n) is 4.46. The van der Waals surface area contributed by atoms with E-state index in [4.69, 9.17) is 27.9 Å². The molecule has 100 valence electrons. The molecule has 0 fully saturated rings. The lowest BCUT2D eigenvalue weighted by molar-refractivity contribution is 0.266. The van der Waals surface area contributed by atoms with Gasteiger partial charge < -0.3 is 4.74 Å². The van der Waals surface area contributed by atoms with E-state index >= 15 is 0 Å². The number of ether oxygens (including phenoxy) is 1. The van der Waals surface area contributed by atoms with Crippen LogP contribution in [-0.4, -0.2) is 6.61 Å². The minimum absolute atomic E-state index is 0.161. The van der Waals surface area contributed by atoms with E-state index in [1.807, 2.05) is 24.3 Å². The Morgan fingerprint density at radius 1 is 1.32 bits per heavy atom. The molecule has 0 amide bonds. The van der Waals surface area contributed by atoms with E-state index in [2.05, 4.69) is 22.0 Å². The summed E-state index contributed by atoms with van der Waals surface area (Å²) in [5.74, 6) is 1.33. The quantitative estimate of drug-likeness (QED) is 0.578. The van der Waals surface area contributed by atoms with Crippen LogP contribution in [0.2, 0.25) is 8.67 Å². The first-order chi connectivity index (χ1) is 9.16. The molecule has 2 heterocycles. The molecule has 2 aromatic rings. The summed E-state index contributed by atoms with van der Waals surface area (Å²) in [5.41, 5.74) is 2.30. The van der Waals surface area contributed by atoms with Crippen LogP contribution < -0.4 is 4.74 Å². The Kier molecular flexibility index (Phi) is 4.08. The third-order valence-corrected chi connectivity index (χ3v) is 5.99. The number of benzene rings is 1. The Balaban J connectivity index is 1.97. The number of fused-ring (bicyclic) bond motifs is 1. The minimum Gasteiger partial charge on any atom is -0.493 e. The fourth-order valence-electron chi connectivity index (χ4n) is 2.43. The number of hydrogen-bond acceptors (Lipinski definition) is 2. The molecule has 0 bridgehead atoms. The SMILES string of the molecule is Clc1cc(C(Br)C2CCOc3ccccc32)c(Cl)s1. The van der Waals surface area contributed by atoms with Crippen molar-refractivity contribution in [3.63, 3.8) is 0 Å². The van der Waals surface area contributed by atoms with Crippen LogP contribution >= 0.6 is 50.5 Å². The van der Waals surface area contributed by atoms with Gasteiger partial charge in [-0.3, -0.25) is 0 Å². The second-order valence-corrected chi connectivity index (χ2v) is 7.73. The van der Waals surface area contributed by atoms with Crippen molar-refractivity contribution in [3.05, 3.63) is 50.1 Å². The van der Waals surface area contributed by atoms with Gasteiger partial charge in [0, 0.05) is 10.7 Å². The molecule has 1 aromatic heterocycles. The maximum atomic E-state index is 6.26. The summed E-state index contributed by atoms with van der Waals surface area (Å²) >= 11 is 17.5. The Labute approximate surface area is 134 Å². The van der Waals surface area contributed by atoms with Crippen LogP contribution in [-0.2, 0) is 0 Å². The molecule has 2 atom stereocenters. The third-order valence-electron chi connectivity index (χ3n) is 3.34. The van der Waals surface area contributed by atoms with Crippen molar-refractivity contribution in [2.45, 2.75) is 17.2 Å². The largest absolute Gasteiger partial charge is 0.493 e. The zero-order valence-corrected chi connectivity index (χ0v) is 13.8. The van der Waals surface area contributed by atoms with Crippen LogP contribution in [0.3, 0.4) is 0 Å². The predicted octanol–water partition coefficient (Wildman–Crippen LogP) is 6.06. The van der Waals surface area contributed by atoms with Gasteiger partial charge >= 0.3 is 0 Å². The van der Waals surface area contributed by atoms with E-state index in [9.17, 15) is 0 Å². The van der Waals surface area contributed by atoms with E-state index in [-0.39, 0.29) is 4.83 Å².